The smallest absolute Gasteiger partial charge is 0.413 e. The molecule has 0 saturated heterocycles. The number of carbonyl (C=O) groups is 1. The Morgan fingerprint density at radius 2 is 2.00 bits per heavy atom. The fourth-order valence-electron chi connectivity index (χ4n) is 1.73. The van der Waals surface area contributed by atoms with Crippen LogP contribution in [-0.4, -0.2) is 21.5 Å². The van der Waals surface area contributed by atoms with Gasteiger partial charge >= 0.3 is 6.09 Å². The molecule has 0 radical (unpaired) electrons. The average molecular weight is 363 g/mol. The molecule has 1 aromatic heterocycles. The lowest BCUT2D eigenvalue weighted by Crippen LogP contribution is -2.28. The van der Waals surface area contributed by atoms with Crippen LogP contribution in [0.15, 0.2) is 34.9 Å². The van der Waals surface area contributed by atoms with Gasteiger partial charge in [-0.1, -0.05) is 15.9 Å². The summed E-state index contributed by atoms with van der Waals surface area (Å²) in [6.07, 6.45) is 0.761. The summed E-state index contributed by atoms with van der Waals surface area (Å²) in [5, 5.41) is 15.9. The number of hydrogen-bond donors (Lipinski definition) is 1. The molecule has 2 rings (SSSR count). The van der Waals surface area contributed by atoms with Gasteiger partial charge in [-0.3, -0.25) is 5.32 Å². The van der Waals surface area contributed by atoms with Crippen LogP contribution in [0.2, 0.25) is 0 Å². The molecule has 2 aromatic rings. The van der Waals surface area contributed by atoms with Crippen LogP contribution in [0.5, 0.6) is 0 Å². The van der Waals surface area contributed by atoms with Crippen molar-refractivity contribution in [1.29, 1.82) is 5.26 Å². The first-order chi connectivity index (χ1) is 10.3. The van der Waals surface area contributed by atoms with Crippen molar-refractivity contribution in [3.05, 3.63) is 40.5 Å². The third-order valence-corrected chi connectivity index (χ3v) is 3.11. The molecule has 0 aliphatic rings. The van der Waals surface area contributed by atoms with Gasteiger partial charge < -0.3 is 4.74 Å². The molecule has 0 bridgehead atoms. The predicted molar refractivity (Wildman–Crippen MR) is 85.8 cm³/mol. The number of ether oxygens (including phenoxy) is 1. The van der Waals surface area contributed by atoms with Crippen molar-refractivity contribution in [2.24, 2.45) is 0 Å². The third-order valence-electron chi connectivity index (χ3n) is 2.58. The number of nitrogens with zero attached hydrogens (tertiary/aromatic N) is 3. The van der Waals surface area contributed by atoms with Crippen molar-refractivity contribution in [3.63, 3.8) is 0 Å². The Kier molecular flexibility index (Phi) is 4.52. The van der Waals surface area contributed by atoms with Crippen LogP contribution in [0.25, 0.3) is 5.69 Å². The molecule has 114 valence electrons. The lowest BCUT2D eigenvalue weighted by molar-refractivity contribution is 0.0635. The first-order valence-electron chi connectivity index (χ1n) is 6.54. The summed E-state index contributed by atoms with van der Waals surface area (Å²) in [6, 6.07) is 9.33. The van der Waals surface area contributed by atoms with Crippen molar-refractivity contribution in [2.75, 3.05) is 5.32 Å². The standard InChI is InChI=1S/C15H15BrN4O2/c1-15(2,3)22-14(21)19-13-10(8-17)9-18-20(13)12-6-4-11(16)5-7-12/h4-7,9H,1-3H3,(H,19,21). The zero-order chi connectivity index (χ0) is 16.3. The molecular formula is C15H15BrN4O2. The van der Waals surface area contributed by atoms with Crippen LogP contribution in [0.3, 0.4) is 0 Å². The molecule has 1 amide bonds. The highest BCUT2D eigenvalue weighted by atomic mass is 79.9. The Morgan fingerprint density at radius 3 is 2.55 bits per heavy atom. The zero-order valence-corrected chi connectivity index (χ0v) is 14.0. The van der Waals surface area contributed by atoms with Crippen molar-refractivity contribution in [1.82, 2.24) is 9.78 Å². The van der Waals surface area contributed by atoms with Crippen molar-refractivity contribution >= 4 is 27.8 Å². The summed E-state index contributed by atoms with van der Waals surface area (Å²) in [5.74, 6) is 0.277. The van der Waals surface area contributed by atoms with Gasteiger partial charge in [0.25, 0.3) is 0 Å². The van der Waals surface area contributed by atoms with Gasteiger partial charge in [-0.15, -0.1) is 0 Å². The van der Waals surface area contributed by atoms with E-state index >= 15 is 0 Å². The number of aromatic nitrogens is 2. The van der Waals surface area contributed by atoms with Gasteiger partial charge in [0.1, 0.15) is 17.2 Å². The maximum absolute atomic E-state index is 11.9. The van der Waals surface area contributed by atoms with E-state index in [4.69, 9.17) is 10.00 Å². The highest BCUT2D eigenvalue weighted by Gasteiger charge is 2.20. The Morgan fingerprint density at radius 1 is 1.36 bits per heavy atom. The number of anilines is 1. The summed E-state index contributed by atoms with van der Waals surface area (Å²) in [4.78, 5) is 11.9. The SMILES string of the molecule is CC(C)(C)OC(=O)Nc1c(C#N)cnn1-c1ccc(Br)cc1. The minimum Gasteiger partial charge on any atom is -0.444 e. The van der Waals surface area contributed by atoms with Crippen LogP contribution in [-0.2, 0) is 4.74 Å². The lowest BCUT2D eigenvalue weighted by atomic mass is 10.2. The van der Waals surface area contributed by atoms with Crippen LogP contribution < -0.4 is 5.32 Å². The second-order valence-corrected chi connectivity index (χ2v) is 6.45. The van der Waals surface area contributed by atoms with Gasteiger partial charge in [0.15, 0.2) is 5.82 Å². The molecule has 1 aromatic carbocycles. The molecule has 0 unspecified atom stereocenters. The zero-order valence-electron chi connectivity index (χ0n) is 12.4. The number of nitrogens with one attached hydrogen (secondary N) is 1. The molecule has 0 atom stereocenters. The molecule has 6 nitrogen and oxygen atoms in total. The van der Waals surface area contributed by atoms with Gasteiger partial charge in [0.2, 0.25) is 0 Å². The first kappa shape index (κ1) is 16.0. The summed E-state index contributed by atoms with van der Waals surface area (Å²) >= 11 is 3.36. The number of halogens is 1. The summed E-state index contributed by atoms with van der Waals surface area (Å²) < 4.78 is 7.62. The Labute approximate surface area is 136 Å². The molecule has 7 heteroatoms. The second-order valence-electron chi connectivity index (χ2n) is 5.53. The molecule has 0 aliphatic heterocycles. The summed E-state index contributed by atoms with van der Waals surface area (Å²) in [5.41, 5.74) is 0.351. The summed E-state index contributed by atoms with van der Waals surface area (Å²) in [7, 11) is 0. The number of rotatable bonds is 2. The molecule has 1 heterocycles. The Bertz CT molecular complexity index is 723. The molecule has 0 aliphatic carbocycles. The van der Waals surface area contributed by atoms with E-state index in [9.17, 15) is 4.79 Å². The fourth-order valence-corrected chi connectivity index (χ4v) is 1.99. The number of nitriles is 1. The van der Waals surface area contributed by atoms with Crippen LogP contribution in [0.1, 0.15) is 26.3 Å². The molecule has 1 N–H and O–H groups in total. The average Bonchev–Trinajstić information content (AvgIpc) is 2.80. The Balaban J connectivity index is 2.34. The minimum atomic E-state index is -0.636. The predicted octanol–water partition coefficient (Wildman–Crippen LogP) is 3.85. The van der Waals surface area contributed by atoms with Gasteiger partial charge in [-0.25, -0.2) is 9.48 Å². The second kappa shape index (κ2) is 6.20. The molecule has 22 heavy (non-hydrogen) atoms. The largest absolute Gasteiger partial charge is 0.444 e. The van der Waals surface area contributed by atoms with E-state index in [0.29, 0.717) is 0 Å². The van der Waals surface area contributed by atoms with Gasteiger partial charge in [-0.05, 0) is 45.0 Å². The van der Waals surface area contributed by atoms with E-state index in [-0.39, 0.29) is 11.4 Å². The number of benzene rings is 1. The molecule has 0 saturated carbocycles. The van der Waals surface area contributed by atoms with Crippen LogP contribution in [0.4, 0.5) is 10.6 Å². The van der Waals surface area contributed by atoms with Crippen LogP contribution in [0, 0.1) is 11.3 Å². The maximum atomic E-state index is 11.9. The quantitative estimate of drug-likeness (QED) is 0.879. The van der Waals surface area contributed by atoms with Crippen molar-refractivity contribution in [3.8, 4) is 11.8 Å². The number of amides is 1. The number of hydrogen-bond acceptors (Lipinski definition) is 4. The van der Waals surface area contributed by atoms with E-state index in [1.54, 1.807) is 20.8 Å². The Hall–Kier alpha value is -2.33. The maximum Gasteiger partial charge on any atom is 0.413 e. The van der Waals surface area contributed by atoms with Gasteiger partial charge in [0, 0.05) is 4.47 Å². The minimum absolute atomic E-state index is 0.258. The lowest BCUT2D eigenvalue weighted by Gasteiger charge is -2.20. The van der Waals surface area contributed by atoms with E-state index in [0.717, 1.165) is 10.2 Å². The number of carbonyl (C=O) groups excluding carboxylic acids is 1. The third kappa shape index (κ3) is 3.86. The normalized spacial score (nSPS) is 10.9. The highest BCUT2D eigenvalue weighted by Crippen LogP contribution is 2.22. The van der Waals surface area contributed by atoms with Crippen molar-refractivity contribution < 1.29 is 9.53 Å². The van der Waals surface area contributed by atoms with Gasteiger partial charge in [-0.2, -0.15) is 10.4 Å². The van der Waals surface area contributed by atoms with E-state index in [1.165, 1.54) is 10.9 Å². The van der Waals surface area contributed by atoms with Crippen LogP contribution >= 0.6 is 15.9 Å². The van der Waals surface area contributed by atoms with E-state index in [2.05, 4.69) is 26.3 Å². The molecule has 0 spiro atoms. The topological polar surface area (TPSA) is 79.9 Å². The first-order valence-corrected chi connectivity index (χ1v) is 7.33. The van der Waals surface area contributed by atoms with E-state index < -0.39 is 11.7 Å². The van der Waals surface area contributed by atoms with Crippen molar-refractivity contribution in [2.45, 2.75) is 26.4 Å². The highest BCUT2D eigenvalue weighted by molar-refractivity contribution is 9.10. The summed E-state index contributed by atoms with van der Waals surface area (Å²) in [6.45, 7) is 5.30. The van der Waals surface area contributed by atoms with Gasteiger partial charge in [0.05, 0.1) is 11.9 Å². The molecule has 0 fully saturated rings. The van der Waals surface area contributed by atoms with E-state index in [1.807, 2.05) is 30.3 Å². The monoisotopic (exact) mass is 362 g/mol. The molecular weight excluding hydrogens is 348 g/mol. The fraction of sp³-hybridized carbons (Fsp3) is 0.267.